The van der Waals surface area contributed by atoms with Gasteiger partial charge in [0, 0.05) is 18.2 Å². The Morgan fingerprint density at radius 3 is 2.32 bits per heavy atom. The van der Waals surface area contributed by atoms with Gasteiger partial charge >= 0.3 is 0 Å². The first-order chi connectivity index (χ1) is 13.0. The molecule has 0 aliphatic carbocycles. The minimum Gasteiger partial charge on any atom is -0.330 e. The first-order valence-corrected chi connectivity index (χ1v) is 9.40. The second-order valence-electron chi connectivity index (χ2n) is 5.11. The summed E-state index contributed by atoms with van der Waals surface area (Å²) in [7, 11) is -4.12. The van der Waals surface area contributed by atoms with E-state index in [9.17, 15) is 28.6 Å². The molecule has 28 heavy (non-hydrogen) atoms. The number of nitro benzene ring substituents is 2. The molecule has 12 nitrogen and oxygen atoms in total. The summed E-state index contributed by atoms with van der Waals surface area (Å²) in [5.41, 5.74) is 4.11. The lowest BCUT2D eigenvalue weighted by Gasteiger charge is -2.13. The van der Waals surface area contributed by atoms with Crippen LogP contribution in [0.25, 0.3) is 0 Å². The Kier molecular flexibility index (Phi) is 6.30. The SMILES string of the molecule is NS(=O)(=O)c1ccc(NNC(=S)Nc2cc([N+](=O)[O-])ccc2Cl)c([N+](=O)[O-])c1. The van der Waals surface area contributed by atoms with Gasteiger partial charge in [0.1, 0.15) is 5.69 Å². The number of anilines is 2. The summed E-state index contributed by atoms with van der Waals surface area (Å²) < 4.78 is 22.6. The minimum absolute atomic E-state index is 0.105. The second-order valence-corrected chi connectivity index (χ2v) is 7.48. The van der Waals surface area contributed by atoms with Crippen LogP contribution in [-0.4, -0.2) is 23.4 Å². The van der Waals surface area contributed by atoms with Crippen molar-refractivity contribution in [3.8, 4) is 0 Å². The first kappa shape index (κ1) is 21.2. The molecule has 0 atom stereocenters. The summed E-state index contributed by atoms with van der Waals surface area (Å²) >= 11 is 10.9. The minimum atomic E-state index is -4.12. The van der Waals surface area contributed by atoms with Crippen LogP contribution in [0.3, 0.4) is 0 Å². The van der Waals surface area contributed by atoms with E-state index in [0.717, 1.165) is 24.3 Å². The number of nitrogens with zero attached hydrogens (tertiary/aromatic N) is 2. The average Bonchev–Trinajstić information content (AvgIpc) is 2.60. The summed E-state index contributed by atoms with van der Waals surface area (Å²) in [4.78, 5) is 20.1. The zero-order chi connectivity index (χ0) is 21.1. The van der Waals surface area contributed by atoms with Crippen molar-refractivity contribution in [1.29, 1.82) is 0 Å². The summed E-state index contributed by atoms with van der Waals surface area (Å²) in [6.45, 7) is 0. The Labute approximate surface area is 168 Å². The quantitative estimate of drug-likeness (QED) is 0.291. The highest BCUT2D eigenvalue weighted by molar-refractivity contribution is 7.89. The van der Waals surface area contributed by atoms with E-state index >= 15 is 0 Å². The van der Waals surface area contributed by atoms with E-state index in [0.29, 0.717) is 0 Å². The molecule has 0 saturated heterocycles. The number of primary sulfonamides is 1. The summed E-state index contributed by atoms with van der Waals surface area (Å²) in [5, 5.41) is 29.6. The molecule has 0 unspecified atom stereocenters. The molecular weight excluding hydrogens is 436 g/mol. The zero-order valence-electron chi connectivity index (χ0n) is 13.6. The lowest BCUT2D eigenvalue weighted by molar-refractivity contribution is -0.384. The van der Waals surface area contributed by atoms with Gasteiger partial charge in [0.25, 0.3) is 11.4 Å². The third-order valence-electron chi connectivity index (χ3n) is 3.21. The lowest BCUT2D eigenvalue weighted by Crippen LogP contribution is -2.33. The maximum atomic E-state index is 11.3. The number of thiocarbonyl (C=S) groups is 1. The number of hydrogen-bond donors (Lipinski definition) is 4. The van der Waals surface area contributed by atoms with Crippen molar-refractivity contribution in [2.45, 2.75) is 4.90 Å². The predicted molar refractivity (Wildman–Crippen MR) is 106 cm³/mol. The maximum Gasteiger partial charge on any atom is 0.295 e. The number of rotatable bonds is 6. The molecule has 0 amide bonds. The number of nitrogens with two attached hydrogens (primary N) is 1. The van der Waals surface area contributed by atoms with Gasteiger partial charge in [0.15, 0.2) is 5.11 Å². The van der Waals surface area contributed by atoms with Crippen LogP contribution in [0.4, 0.5) is 22.7 Å². The van der Waals surface area contributed by atoms with Crippen LogP contribution >= 0.6 is 23.8 Å². The van der Waals surface area contributed by atoms with Gasteiger partial charge in [-0.2, -0.15) is 0 Å². The number of halogens is 1. The monoisotopic (exact) mass is 446 g/mol. The molecule has 2 aromatic rings. The topological polar surface area (TPSA) is 183 Å². The number of hydrazine groups is 1. The van der Waals surface area contributed by atoms with Crippen LogP contribution in [0.1, 0.15) is 0 Å². The molecular formula is C13H11ClN6O6S2. The number of benzene rings is 2. The Morgan fingerprint density at radius 2 is 1.75 bits per heavy atom. The lowest BCUT2D eigenvalue weighted by atomic mass is 10.3. The van der Waals surface area contributed by atoms with Gasteiger partial charge < -0.3 is 5.32 Å². The van der Waals surface area contributed by atoms with Crippen LogP contribution in [0.5, 0.6) is 0 Å². The summed E-state index contributed by atoms with van der Waals surface area (Å²) in [6.07, 6.45) is 0. The van der Waals surface area contributed by atoms with Crippen molar-refractivity contribution in [1.82, 2.24) is 5.43 Å². The average molecular weight is 447 g/mol. The Morgan fingerprint density at radius 1 is 1.07 bits per heavy atom. The van der Waals surface area contributed by atoms with E-state index in [4.69, 9.17) is 29.0 Å². The van der Waals surface area contributed by atoms with Crippen molar-refractivity contribution in [3.63, 3.8) is 0 Å². The smallest absolute Gasteiger partial charge is 0.295 e. The second kappa shape index (κ2) is 8.30. The van der Waals surface area contributed by atoms with Crippen LogP contribution in [0.15, 0.2) is 41.3 Å². The van der Waals surface area contributed by atoms with Gasteiger partial charge in [-0.1, -0.05) is 11.6 Å². The van der Waals surface area contributed by atoms with E-state index < -0.39 is 30.5 Å². The van der Waals surface area contributed by atoms with Gasteiger partial charge in [0.2, 0.25) is 10.0 Å². The summed E-state index contributed by atoms with van der Waals surface area (Å²) in [5.74, 6) is 0. The van der Waals surface area contributed by atoms with Crippen molar-refractivity contribution in [3.05, 3.63) is 61.6 Å². The fourth-order valence-corrected chi connectivity index (χ4v) is 2.80. The van der Waals surface area contributed by atoms with Gasteiger partial charge in [-0.25, -0.2) is 13.6 Å². The molecule has 0 saturated carbocycles. The molecule has 148 valence electrons. The maximum absolute atomic E-state index is 11.3. The fourth-order valence-electron chi connectivity index (χ4n) is 1.95. The van der Waals surface area contributed by atoms with Gasteiger partial charge in [-0.3, -0.25) is 31.1 Å². The van der Waals surface area contributed by atoms with Gasteiger partial charge in [-0.05, 0) is 30.4 Å². The standard InChI is InChI=1S/C13H11ClN6O6S2/c14-9-3-1-7(19(21)22)5-11(9)16-13(27)18-17-10-4-2-8(28(15,25)26)6-12(10)20(23)24/h1-6,17H,(H2,15,25,26)(H2,16,18,27). The van der Waals surface area contributed by atoms with E-state index in [1.165, 1.54) is 12.1 Å². The van der Waals surface area contributed by atoms with Gasteiger partial charge in [0.05, 0.1) is 25.5 Å². The highest BCUT2D eigenvalue weighted by atomic mass is 35.5. The molecule has 0 heterocycles. The molecule has 0 aliphatic heterocycles. The third-order valence-corrected chi connectivity index (χ3v) is 4.66. The Bertz CT molecular complexity index is 1080. The largest absolute Gasteiger partial charge is 0.330 e. The number of hydrogen-bond acceptors (Lipinski definition) is 8. The number of nitro groups is 2. The highest BCUT2D eigenvalue weighted by Crippen LogP contribution is 2.28. The normalized spacial score (nSPS) is 10.8. The molecule has 15 heteroatoms. The first-order valence-electron chi connectivity index (χ1n) is 7.07. The number of nitrogens with one attached hydrogen (secondary N) is 3. The van der Waals surface area contributed by atoms with E-state index in [1.54, 1.807) is 0 Å². The third kappa shape index (κ3) is 5.23. The molecule has 0 aliphatic rings. The van der Waals surface area contributed by atoms with Crippen LogP contribution < -0.4 is 21.3 Å². The number of sulfonamides is 1. The molecule has 0 fully saturated rings. The zero-order valence-corrected chi connectivity index (χ0v) is 16.0. The molecule has 0 spiro atoms. The molecule has 2 rings (SSSR count). The number of non-ortho nitro benzene ring substituents is 1. The highest BCUT2D eigenvalue weighted by Gasteiger charge is 2.19. The van der Waals surface area contributed by atoms with Crippen LogP contribution in [0, 0.1) is 20.2 Å². The molecule has 5 N–H and O–H groups in total. The van der Waals surface area contributed by atoms with Crippen LogP contribution in [0.2, 0.25) is 5.02 Å². The van der Waals surface area contributed by atoms with E-state index in [1.807, 2.05) is 0 Å². The Hall–Kier alpha value is -3.07. The van der Waals surface area contributed by atoms with Gasteiger partial charge in [-0.15, -0.1) is 0 Å². The van der Waals surface area contributed by atoms with Crippen molar-refractivity contribution < 1.29 is 18.3 Å². The fraction of sp³-hybridized carbons (Fsp3) is 0. The Balaban J connectivity index is 2.16. The molecule has 0 aromatic heterocycles. The molecule has 2 aromatic carbocycles. The molecule has 0 radical (unpaired) electrons. The van der Waals surface area contributed by atoms with E-state index in [2.05, 4.69) is 16.2 Å². The van der Waals surface area contributed by atoms with Crippen molar-refractivity contribution in [2.24, 2.45) is 5.14 Å². The van der Waals surface area contributed by atoms with Crippen LogP contribution in [-0.2, 0) is 10.0 Å². The predicted octanol–water partition coefficient (Wildman–Crippen LogP) is 2.12. The molecule has 0 bridgehead atoms. The van der Waals surface area contributed by atoms with Crippen molar-refractivity contribution in [2.75, 3.05) is 10.7 Å². The van der Waals surface area contributed by atoms with E-state index in [-0.39, 0.29) is 27.2 Å². The van der Waals surface area contributed by atoms with Crippen molar-refractivity contribution >= 4 is 61.7 Å². The summed E-state index contributed by atoms with van der Waals surface area (Å²) in [6, 6.07) is 6.63.